The lowest BCUT2D eigenvalue weighted by molar-refractivity contribution is -0.119. The van der Waals surface area contributed by atoms with Gasteiger partial charge < -0.3 is 4.52 Å². The summed E-state index contributed by atoms with van der Waals surface area (Å²) in [6, 6.07) is 3.23. The molecule has 0 radical (unpaired) electrons. The molecule has 1 unspecified atom stereocenters. The molecule has 1 heterocycles. The fraction of sp³-hybridized carbons (Fsp3) is 0.400. The van der Waals surface area contributed by atoms with Crippen LogP contribution in [0.5, 0.6) is 0 Å². The highest BCUT2D eigenvalue weighted by Crippen LogP contribution is 2.24. The van der Waals surface area contributed by atoms with Crippen LogP contribution in [0.3, 0.4) is 0 Å². The third kappa shape index (κ3) is 3.71. The van der Waals surface area contributed by atoms with Crippen LogP contribution in [0.2, 0.25) is 0 Å². The Hall–Kier alpha value is -2.11. The number of carbonyl (C=O) groups excluding carboxylic acids is 1. The zero-order valence-corrected chi connectivity index (χ0v) is 12.1. The first-order valence-corrected chi connectivity index (χ1v) is 6.64. The summed E-state index contributed by atoms with van der Waals surface area (Å²) >= 11 is 0. The highest BCUT2D eigenvalue weighted by molar-refractivity contribution is 5.82. The van der Waals surface area contributed by atoms with Crippen molar-refractivity contribution in [2.45, 2.75) is 33.1 Å². The summed E-state index contributed by atoms with van der Waals surface area (Å²) in [4.78, 5) is 15.8. The molecule has 6 heteroatoms. The van der Waals surface area contributed by atoms with Crippen LogP contribution < -0.4 is 0 Å². The van der Waals surface area contributed by atoms with E-state index in [1.54, 1.807) is 0 Å². The minimum atomic E-state index is -0.655. The molecule has 0 fully saturated rings. The molecular formula is C15H16F2N2O2. The van der Waals surface area contributed by atoms with Gasteiger partial charge >= 0.3 is 0 Å². The minimum absolute atomic E-state index is 0.0300. The van der Waals surface area contributed by atoms with Gasteiger partial charge in [0.1, 0.15) is 17.4 Å². The molecule has 1 aromatic heterocycles. The lowest BCUT2D eigenvalue weighted by Gasteiger charge is -2.12. The third-order valence-corrected chi connectivity index (χ3v) is 3.14. The molecule has 2 aromatic rings. The van der Waals surface area contributed by atoms with Crippen LogP contribution in [0.1, 0.15) is 44.0 Å². The zero-order valence-electron chi connectivity index (χ0n) is 12.1. The van der Waals surface area contributed by atoms with Crippen molar-refractivity contribution in [2.75, 3.05) is 0 Å². The van der Waals surface area contributed by atoms with Gasteiger partial charge in [-0.3, -0.25) is 4.79 Å². The number of nitrogens with zero attached hydrogens (tertiary/aromatic N) is 2. The van der Waals surface area contributed by atoms with Crippen molar-refractivity contribution in [3.63, 3.8) is 0 Å². The lowest BCUT2D eigenvalue weighted by Crippen LogP contribution is -2.15. The Morgan fingerprint density at radius 3 is 2.38 bits per heavy atom. The van der Waals surface area contributed by atoms with Crippen LogP contribution in [0, 0.1) is 17.6 Å². The maximum atomic E-state index is 13.1. The Balaban J connectivity index is 2.21. The molecule has 0 N–H and O–H groups in total. The summed E-state index contributed by atoms with van der Waals surface area (Å²) in [5, 5.41) is 3.77. The predicted molar refractivity (Wildman–Crippen MR) is 71.7 cm³/mol. The normalized spacial score (nSPS) is 12.7. The van der Waals surface area contributed by atoms with E-state index in [1.165, 1.54) is 19.1 Å². The van der Waals surface area contributed by atoms with Crippen LogP contribution in [-0.4, -0.2) is 15.9 Å². The molecule has 0 saturated carbocycles. The van der Waals surface area contributed by atoms with Crippen LogP contribution in [0.15, 0.2) is 22.7 Å². The monoisotopic (exact) mass is 294 g/mol. The minimum Gasteiger partial charge on any atom is -0.339 e. The van der Waals surface area contributed by atoms with Crippen LogP contribution in [0.25, 0.3) is 0 Å². The number of Topliss-reactive ketones (excluding diaryl/α,β-unsaturated/α-hetero) is 1. The van der Waals surface area contributed by atoms with Gasteiger partial charge in [-0.2, -0.15) is 4.98 Å². The smallest absolute Gasteiger partial charge is 0.237 e. The lowest BCUT2D eigenvalue weighted by atomic mass is 9.92. The van der Waals surface area contributed by atoms with E-state index in [9.17, 15) is 13.6 Å². The van der Waals surface area contributed by atoms with Gasteiger partial charge in [-0.25, -0.2) is 8.78 Å². The number of benzene rings is 1. The number of carbonyl (C=O) groups is 1. The second-order valence-corrected chi connectivity index (χ2v) is 5.34. The highest BCUT2D eigenvalue weighted by Gasteiger charge is 2.26. The predicted octanol–water partition coefficient (Wildman–Crippen LogP) is 3.27. The van der Waals surface area contributed by atoms with E-state index in [1.807, 2.05) is 13.8 Å². The zero-order chi connectivity index (χ0) is 15.6. The van der Waals surface area contributed by atoms with Crippen molar-refractivity contribution in [3.8, 4) is 0 Å². The second kappa shape index (κ2) is 6.11. The summed E-state index contributed by atoms with van der Waals surface area (Å²) in [7, 11) is 0. The van der Waals surface area contributed by atoms with E-state index >= 15 is 0 Å². The van der Waals surface area contributed by atoms with E-state index in [0.717, 1.165) is 6.07 Å². The van der Waals surface area contributed by atoms with Gasteiger partial charge in [0.25, 0.3) is 0 Å². The van der Waals surface area contributed by atoms with Gasteiger partial charge in [0.2, 0.25) is 5.89 Å². The van der Waals surface area contributed by atoms with E-state index in [2.05, 4.69) is 10.1 Å². The number of rotatable bonds is 5. The topological polar surface area (TPSA) is 56.0 Å². The van der Waals surface area contributed by atoms with E-state index < -0.39 is 17.6 Å². The molecule has 0 aliphatic rings. The average molecular weight is 294 g/mol. The van der Waals surface area contributed by atoms with Crippen LogP contribution >= 0.6 is 0 Å². The Kier molecular flexibility index (Phi) is 4.45. The molecule has 0 aliphatic heterocycles. The molecule has 112 valence electrons. The Morgan fingerprint density at radius 1 is 1.24 bits per heavy atom. The average Bonchev–Trinajstić information content (AvgIpc) is 2.74. The van der Waals surface area contributed by atoms with Crippen molar-refractivity contribution in [1.82, 2.24) is 10.1 Å². The highest BCUT2D eigenvalue weighted by atomic mass is 19.1. The number of hydrogen-bond acceptors (Lipinski definition) is 4. The summed E-state index contributed by atoms with van der Waals surface area (Å²) < 4.78 is 31.4. The summed E-state index contributed by atoms with van der Waals surface area (Å²) in [6.45, 7) is 5.24. The van der Waals surface area contributed by atoms with Gasteiger partial charge in [-0.1, -0.05) is 19.0 Å². The molecule has 0 spiro atoms. The van der Waals surface area contributed by atoms with Crippen molar-refractivity contribution in [1.29, 1.82) is 0 Å². The maximum Gasteiger partial charge on any atom is 0.237 e. The molecule has 2 rings (SSSR count). The molecule has 0 saturated heterocycles. The molecule has 21 heavy (non-hydrogen) atoms. The van der Waals surface area contributed by atoms with Gasteiger partial charge in [0, 0.05) is 12.5 Å². The Morgan fingerprint density at radius 2 is 1.86 bits per heavy atom. The maximum absolute atomic E-state index is 13.1. The molecule has 4 nitrogen and oxygen atoms in total. The number of hydrogen-bond donors (Lipinski definition) is 0. The van der Waals surface area contributed by atoms with Crippen molar-refractivity contribution >= 4 is 5.78 Å². The molecular weight excluding hydrogens is 278 g/mol. The molecule has 0 amide bonds. The fourth-order valence-electron chi connectivity index (χ4n) is 2.29. The van der Waals surface area contributed by atoms with E-state index in [4.69, 9.17) is 4.52 Å². The Bertz CT molecular complexity index is 633. The first-order valence-electron chi connectivity index (χ1n) is 6.64. The largest absolute Gasteiger partial charge is 0.339 e. The molecule has 0 aliphatic carbocycles. The third-order valence-electron chi connectivity index (χ3n) is 3.14. The van der Waals surface area contributed by atoms with Gasteiger partial charge in [-0.05, 0) is 30.5 Å². The first kappa shape index (κ1) is 15.3. The summed E-state index contributed by atoms with van der Waals surface area (Å²) in [5.74, 6) is -1.27. The summed E-state index contributed by atoms with van der Waals surface area (Å²) in [5.41, 5.74) is 0.406. The quantitative estimate of drug-likeness (QED) is 0.849. The van der Waals surface area contributed by atoms with E-state index in [-0.39, 0.29) is 24.0 Å². The molecule has 1 atom stereocenters. The van der Waals surface area contributed by atoms with Gasteiger partial charge in [-0.15, -0.1) is 0 Å². The number of aromatic nitrogens is 2. The Labute approximate surface area is 121 Å². The first-order chi connectivity index (χ1) is 9.86. The van der Waals surface area contributed by atoms with Crippen molar-refractivity contribution in [3.05, 3.63) is 47.1 Å². The SMILES string of the molecule is CC(=O)C(c1nc(Cc2cc(F)cc(F)c2)no1)C(C)C. The van der Waals surface area contributed by atoms with E-state index in [0.29, 0.717) is 11.4 Å². The van der Waals surface area contributed by atoms with Gasteiger partial charge in [0.15, 0.2) is 5.82 Å². The van der Waals surface area contributed by atoms with Crippen molar-refractivity contribution in [2.24, 2.45) is 5.92 Å². The fourth-order valence-corrected chi connectivity index (χ4v) is 2.29. The van der Waals surface area contributed by atoms with Crippen molar-refractivity contribution < 1.29 is 18.1 Å². The van der Waals surface area contributed by atoms with Gasteiger partial charge in [0.05, 0.1) is 5.92 Å². The van der Waals surface area contributed by atoms with Crippen LogP contribution in [0.4, 0.5) is 8.78 Å². The van der Waals surface area contributed by atoms with Crippen LogP contribution in [-0.2, 0) is 11.2 Å². The molecule has 0 bridgehead atoms. The summed E-state index contributed by atoms with van der Waals surface area (Å²) in [6.07, 6.45) is 0.140. The number of ketones is 1. The second-order valence-electron chi connectivity index (χ2n) is 5.34. The molecule has 1 aromatic carbocycles. The standard InChI is InChI=1S/C15H16F2N2O2/c1-8(2)14(9(3)20)15-18-13(19-21-15)6-10-4-11(16)7-12(17)5-10/h4-5,7-8,14H,6H2,1-3H3. The number of halogens is 2.